The molecule has 2 aliphatic heterocycles. The molecular weight excluding hydrogens is 368 g/mol. The van der Waals surface area contributed by atoms with Crippen LogP contribution in [0.3, 0.4) is 0 Å². The van der Waals surface area contributed by atoms with Crippen LogP contribution >= 0.6 is 0 Å². The molecule has 0 radical (unpaired) electrons. The van der Waals surface area contributed by atoms with E-state index in [0.29, 0.717) is 12.3 Å². The fourth-order valence-corrected chi connectivity index (χ4v) is 4.47. The van der Waals surface area contributed by atoms with Crippen LogP contribution in [0.5, 0.6) is 11.5 Å². The first-order valence-electron chi connectivity index (χ1n) is 10.6. The lowest BCUT2D eigenvalue weighted by Gasteiger charge is -2.33. The van der Waals surface area contributed by atoms with Crippen LogP contribution in [0, 0.1) is 0 Å². The Hall–Kier alpha value is -2.54. The highest BCUT2D eigenvalue weighted by molar-refractivity contribution is 5.45. The first kappa shape index (κ1) is 19.8. The SMILES string of the molecule is COc1cccc(CN2CCC[C@H](c3cc(=O)[nH]c(N4CCCCC4)n3)C2)c1O. The van der Waals surface area contributed by atoms with Crippen LogP contribution in [0.1, 0.15) is 49.3 Å². The molecule has 2 N–H and O–H groups in total. The standard InChI is InChI=1S/C22H30N4O3/c1-29-19-9-5-7-17(21(19)28)15-25-10-6-8-16(14-25)18-13-20(27)24-22(23-18)26-11-3-2-4-12-26/h5,7,9,13,16,28H,2-4,6,8,10-12,14-15H2,1H3,(H,23,24,27)/t16-/m0/s1. The Balaban J connectivity index is 1.50. The Morgan fingerprint density at radius 3 is 2.83 bits per heavy atom. The predicted octanol–water partition coefficient (Wildman–Crippen LogP) is 2.85. The Labute approximate surface area is 171 Å². The molecule has 1 atom stereocenters. The van der Waals surface area contributed by atoms with E-state index >= 15 is 0 Å². The van der Waals surface area contributed by atoms with Crippen LogP contribution in [-0.2, 0) is 6.54 Å². The van der Waals surface area contributed by atoms with Crippen LogP contribution in [0.25, 0.3) is 0 Å². The third-order valence-electron chi connectivity index (χ3n) is 6.02. The quantitative estimate of drug-likeness (QED) is 0.806. The smallest absolute Gasteiger partial charge is 0.252 e. The van der Waals surface area contributed by atoms with Crippen LogP contribution in [0.4, 0.5) is 5.95 Å². The highest BCUT2D eigenvalue weighted by Gasteiger charge is 2.25. The number of ether oxygens (including phenoxy) is 1. The summed E-state index contributed by atoms with van der Waals surface area (Å²) in [5.74, 6) is 1.65. The Bertz CT molecular complexity index is 892. The number of para-hydroxylation sites is 1. The van der Waals surface area contributed by atoms with Gasteiger partial charge < -0.3 is 14.7 Å². The van der Waals surface area contributed by atoms with Gasteiger partial charge in [-0.3, -0.25) is 14.7 Å². The molecule has 0 saturated carbocycles. The number of aromatic nitrogens is 2. The highest BCUT2D eigenvalue weighted by Crippen LogP contribution is 2.32. The summed E-state index contributed by atoms with van der Waals surface area (Å²) in [5.41, 5.74) is 1.67. The second-order valence-corrected chi connectivity index (χ2v) is 8.08. The first-order chi connectivity index (χ1) is 14.1. The van der Waals surface area contributed by atoms with Crippen LogP contribution < -0.4 is 15.2 Å². The Morgan fingerprint density at radius 2 is 2.03 bits per heavy atom. The van der Waals surface area contributed by atoms with Crippen molar-refractivity contribution >= 4 is 5.95 Å². The molecular formula is C22H30N4O3. The average molecular weight is 399 g/mol. The first-order valence-corrected chi connectivity index (χ1v) is 10.6. The Morgan fingerprint density at radius 1 is 1.21 bits per heavy atom. The zero-order chi connectivity index (χ0) is 20.2. The van der Waals surface area contributed by atoms with Crippen molar-refractivity contribution in [2.45, 2.75) is 44.6 Å². The van der Waals surface area contributed by atoms with E-state index in [1.807, 2.05) is 12.1 Å². The van der Waals surface area contributed by atoms with Gasteiger partial charge in [-0.25, -0.2) is 4.98 Å². The summed E-state index contributed by atoms with van der Waals surface area (Å²) in [7, 11) is 1.56. The number of piperidine rings is 2. The summed E-state index contributed by atoms with van der Waals surface area (Å²) in [5, 5.41) is 10.4. The van der Waals surface area contributed by atoms with Crippen LogP contribution in [-0.4, -0.2) is 53.3 Å². The molecule has 1 aromatic heterocycles. The van der Waals surface area contributed by atoms with E-state index in [0.717, 1.165) is 69.1 Å². The zero-order valence-electron chi connectivity index (χ0n) is 17.1. The molecule has 2 fully saturated rings. The molecule has 0 spiro atoms. The highest BCUT2D eigenvalue weighted by atomic mass is 16.5. The second-order valence-electron chi connectivity index (χ2n) is 8.08. The molecule has 4 rings (SSSR count). The van der Waals surface area contributed by atoms with Crippen molar-refractivity contribution in [3.63, 3.8) is 0 Å². The molecule has 0 bridgehead atoms. The van der Waals surface area contributed by atoms with Crippen molar-refractivity contribution in [3.8, 4) is 11.5 Å². The zero-order valence-corrected chi connectivity index (χ0v) is 17.1. The number of benzene rings is 1. The minimum atomic E-state index is -0.0712. The predicted molar refractivity (Wildman–Crippen MR) is 113 cm³/mol. The molecule has 0 amide bonds. The van der Waals surface area contributed by atoms with E-state index in [1.54, 1.807) is 19.2 Å². The summed E-state index contributed by atoms with van der Waals surface area (Å²) in [6, 6.07) is 7.25. The van der Waals surface area contributed by atoms with Gasteiger partial charge in [0, 0.05) is 43.7 Å². The summed E-state index contributed by atoms with van der Waals surface area (Å²) >= 11 is 0. The topological polar surface area (TPSA) is 81.7 Å². The number of H-pyrrole nitrogens is 1. The van der Waals surface area contributed by atoms with Gasteiger partial charge in [-0.05, 0) is 44.7 Å². The lowest BCUT2D eigenvalue weighted by Crippen LogP contribution is -2.36. The average Bonchev–Trinajstić information content (AvgIpc) is 2.76. The van der Waals surface area contributed by atoms with Crippen molar-refractivity contribution in [2.75, 3.05) is 38.2 Å². The number of aromatic amines is 1. The molecule has 3 heterocycles. The van der Waals surface area contributed by atoms with E-state index in [9.17, 15) is 9.90 Å². The number of hydrogen-bond donors (Lipinski definition) is 2. The molecule has 7 nitrogen and oxygen atoms in total. The molecule has 156 valence electrons. The number of anilines is 1. The number of methoxy groups -OCH3 is 1. The molecule has 0 unspecified atom stereocenters. The van der Waals surface area contributed by atoms with Gasteiger partial charge in [-0.1, -0.05) is 12.1 Å². The van der Waals surface area contributed by atoms with E-state index < -0.39 is 0 Å². The number of nitrogens with one attached hydrogen (secondary N) is 1. The summed E-state index contributed by atoms with van der Waals surface area (Å²) in [6.45, 7) is 4.36. The van der Waals surface area contributed by atoms with E-state index in [2.05, 4.69) is 14.8 Å². The number of aromatic hydroxyl groups is 1. The Kier molecular flexibility index (Phi) is 6.04. The van der Waals surface area contributed by atoms with Crippen LogP contribution in [0.15, 0.2) is 29.1 Å². The number of phenols is 1. The number of likely N-dealkylation sites (tertiary alicyclic amines) is 1. The maximum atomic E-state index is 12.3. The van der Waals surface area contributed by atoms with Gasteiger partial charge in [-0.15, -0.1) is 0 Å². The van der Waals surface area contributed by atoms with Gasteiger partial charge in [0.1, 0.15) is 0 Å². The van der Waals surface area contributed by atoms with E-state index in [4.69, 9.17) is 9.72 Å². The van der Waals surface area contributed by atoms with Crippen LogP contribution in [0.2, 0.25) is 0 Å². The number of rotatable bonds is 5. The fraction of sp³-hybridized carbons (Fsp3) is 0.545. The van der Waals surface area contributed by atoms with Crippen molar-refractivity contribution in [1.82, 2.24) is 14.9 Å². The van der Waals surface area contributed by atoms with Gasteiger partial charge in [0.05, 0.1) is 12.8 Å². The van der Waals surface area contributed by atoms with Crippen molar-refractivity contribution in [1.29, 1.82) is 0 Å². The molecule has 2 aromatic rings. The maximum Gasteiger partial charge on any atom is 0.252 e. The molecule has 1 aromatic carbocycles. The van der Waals surface area contributed by atoms with Gasteiger partial charge >= 0.3 is 0 Å². The van der Waals surface area contributed by atoms with Crippen molar-refractivity contribution in [3.05, 3.63) is 45.9 Å². The number of nitrogens with zero attached hydrogens (tertiary/aromatic N) is 3. The van der Waals surface area contributed by atoms with Crippen molar-refractivity contribution in [2.24, 2.45) is 0 Å². The van der Waals surface area contributed by atoms with Crippen molar-refractivity contribution < 1.29 is 9.84 Å². The van der Waals surface area contributed by atoms with E-state index in [-0.39, 0.29) is 17.2 Å². The fourth-order valence-electron chi connectivity index (χ4n) is 4.47. The maximum absolute atomic E-state index is 12.3. The summed E-state index contributed by atoms with van der Waals surface area (Å²) < 4.78 is 5.23. The summed E-state index contributed by atoms with van der Waals surface area (Å²) in [6.07, 6.45) is 5.61. The molecule has 0 aliphatic carbocycles. The monoisotopic (exact) mass is 398 g/mol. The molecule has 2 saturated heterocycles. The molecule has 29 heavy (non-hydrogen) atoms. The van der Waals surface area contributed by atoms with Gasteiger partial charge in [0.15, 0.2) is 11.5 Å². The second kappa shape index (κ2) is 8.86. The lowest BCUT2D eigenvalue weighted by molar-refractivity contribution is 0.196. The third-order valence-corrected chi connectivity index (χ3v) is 6.02. The van der Waals surface area contributed by atoms with Gasteiger partial charge in [-0.2, -0.15) is 0 Å². The lowest BCUT2D eigenvalue weighted by atomic mass is 9.94. The molecule has 2 aliphatic rings. The van der Waals surface area contributed by atoms with E-state index in [1.165, 1.54) is 6.42 Å². The third kappa shape index (κ3) is 4.56. The van der Waals surface area contributed by atoms with Gasteiger partial charge in [0.25, 0.3) is 5.56 Å². The van der Waals surface area contributed by atoms with Gasteiger partial charge in [0.2, 0.25) is 5.95 Å². The number of phenolic OH excluding ortho intramolecular Hbond substituents is 1. The minimum absolute atomic E-state index is 0.0712. The number of hydrogen-bond acceptors (Lipinski definition) is 6. The normalized spacial score (nSPS) is 20.6. The minimum Gasteiger partial charge on any atom is -0.504 e. The summed E-state index contributed by atoms with van der Waals surface area (Å²) in [4.78, 5) is 24.6. The largest absolute Gasteiger partial charge is 0.504 e. The molecule has 7 heteroatoms.